The molecule has 0 radical (unpaired) electrons. The van der Waals surface area contributed by atoms with E-state index in [1.165, 1.54) is 18.2 Å². The van der Waals surface area contributed by atoms with Crippen molar-refractivity contribution in [1.29, 1.82) is 0 Å². The lowest BCUT2D eigenvalue weighted by Crippen LogP contribution is -2.32. The molecule has 3 N–H and O–H groups in total. The zero-order chi connectivity index (χ0) is 46.9. The molecular formula is C42H57N2O15S4+. The number of ether oxygens (including phenoxy) is 1. The van der Waals surface area contributed by atoms with E-state index in [-0.39, 0.29) is 41.2 Å². The van der Waals surface area contributed by atoms with Gasteiger partial charge in [0.2, 0.25) is 5.69 Å². The molecule has 2 aromatic carbocycles. The maximum Gasteiger partial charge on any atom is 0.303 e. The van der Waals surface area contributed by atoms with Crippen LogP contribution in [0.4, 0.5) is 11.4 Å². The fourth-order valence-corrected chi connectivity index (χ4v) is 10.5. The van der Waals surface area contributed by atoms with Crippen LogP contribution < -0.4 is 4.90 Å². The molecule has 2 aliphatic heterocycles. The van der Waals surface area contributed by atoms with Crippen LogP contribution in [0.15, 0.2) is 94.4 Å². The van der Waals surface area contributed by atoms with Crippen LogP contribution in [0.5, 0.6) is 0 Å². The van der Waals surface area contributed by atoms with Gasteiger partial charge in [-0.3, -0.25) is 22.3 Å². The van der Waals surface area contributed by atoms with E-state index in [4.69, 9.17) is 14.0 Å². The van der Waals surface area contributed by atoms with Gasteiger partial charge in [0, 0.05) is 61.0 Å². The van der Waals surface area contributed by atoms with Gasteiger partial charge in [0.05, 0.1) is 47.5 Å². The fourth-order valence-electron chi connectivity index (χ4n) is 8.17. The lowest BCUT2D eigenvalue weighted by Gasteiger charge is -2.30. The zero-order valence-electron chi connectivity index (χ0n) is 36.0. The van der Waals surface area contributed by atoms with Crippen molar-refractivity contribution in [3.8, 4) is 0 Å². The predicted octanol–water partition coefficient (Wildman–Crippen LogP) is 5.67. The highest BCUT2D eigenvalue weighted by molar-refractivity contribution is 7.87. The summed E-state index contributed by atoms with van der Waals surface area (Å²) < 4.78 is 134. The molecule has 348 valence electrons. The Labute approximate surface area is 371 Å². The summed E-state index contributed by atoms with van der Waals surface area (Å²) in [5.41, 5.74) is 2.16. The third-order valence-corrected chi connectivity index (χ3v) is 15.6. The van der Waals surface area contributed by atoms with E-state index >= 15 is 0 Å². The van der Waals surface area contributed by atoms with Gasteiger partial charge in [-0.25, -0.2) is 0 Å². The van der Waals surface area contributed by atoms with Crippen LogP contribution in [0.2, 0.25) is 0 Å². The molecule has 63 heavy (non-hydrogen) atoms. The number of unbranched alkanes of at least 4 members (excludes halogenated alkanes) is 2. The van der Waals surface area contributed by atoms with Crippen LogP contribution in [-0.4, -0.2) is 117 Å². The highest BCUT2D eigenvalue weighted by Gasteiger charge is 2.48. The SMILES string of the molecule is COCCN1/C(=C/C=C/C=C/C=C/C2=[N+](CCCCCC(=O)O)c3ccc(S(=O)(=O)O)cc3C2(C)CCCS(=O)(=O)O)C(C)(CCCS(=O)(=O)OC)c2cc(S(=O)(=O)OC)ccc21. The number of hydrogen-bond donors (Lipinski definition) is 3. The lowest BCUT2D eigenvalue weighted by molar-refractivity contribution is -0.438. The van der Waals surface area contributed by atoms with Crippen molar-refractivity contribution >= 4 is 63.5 Å². The van der Waals surface area contributed by atoms with E-state index in [1.54, 1.807) is 55.7 Å². The first kappa shape index (κ1) is 51.6. The Kier molecular flexibility index (Phi) is 17.4. The maximum absolute atomic E-state index is 12.8. The number of methoxy groups -OCH3 is 1. The van der Waals surface area contributed by atoms with Crippen molar-refractivity contribution in [1.82, 2.24) is 0 Å². The minimum absolute atomic E-state index is 0.00282. The summed E-state index contributed by atoms with van der Waals surface area (Å²) in [6.07, 6.45) is 14.8. The van der Waals surface area contributed by atoms with Crippen LogP contribution in [0.3, 0.4) is 0 Å². The lowest BCUT2D eigenvalue weighted by atomic mass is 9.76. The number of aliphatic carboxylic acids is 1. The molecule has 21 heteroatoms. The second-order valence-corrected chi connectivity index (χ2v) is 22.2. The number of allylic oxidation sites excluding steroid dienone is 8. The number of carboxylic acid groups (broad SMARTS) is 1. The monoisotopic (exact) mass is 957 g/mol. The van der Waals surface area contributed by atoms with E-state index in [0.717, 1.165) is 25.6 Å². The molecule has 2 aliphatic rings. The molecule has 0 spiro atoms. The topological polar surface area (TPSA) is 248 Å². The summed E-state index contributed by atoms with van der Waals surface area (Å²) >= 11 is 0. The number of nitrogens with zero attached hydrogens (tertiary/aromatic N) is 2. The van der Waals surface area contributed by atoms with Gasteiger partial charge in [0.15, 0.2) is 5.71 Å². The van der Waals surface area contributed by atoms with Gasteiger partial charge in [0.25, 0.3) is 40.5 Å². The van der Waals surface area contributed by atoms with Crippen molar-refractivity contribution in [3.63, 3.8) is 0 Å². The Balaban J connectivity index is 1.74. The first-order valence-corrected chi connectivity index (χ1v) is 26.1. The van der Waals surface area contributed by atoms with E-state index in [9.17, 15) is 47.6 Å². The largest absolute Gasteiger partial charge is 0.481 e. The Morgan fingerprint density at radius 3 is 2.02 bits per heavy atom. The highest BCUT2D eigenvalue weighted by atomic mass is 32.2. The number of fused-ring (bicyclic) bond motifs is 2. The van der Waals surface area contributed by atoms with Crippen LogP contribution in [0, 0.1) is 0 Å². The standard InChI is InChI=1S/C42H56N2O15S4/c1-41(23-14-28-60(47,48)49)34-30-32(62(52,53)54)19-21-36(34)43(25-13-9-12-18-40(45)46)38(41)16-10-7-6-8-11-17-39-42(2,24-15-29-61(50,51)58-4)35-31-33(63(55,56)59-5)20-22-37(35)44(39)26-27-57-3/h6-8,10-11,16-17,19-22,30-31H,9,12-15,18,23-29H2,1-5H3,(H2-,45,46,47,48,49,52,53,54)/p+1. The van der Waals surface area contributed by atoms with E-state index in [0.29, 0.717) is 67.9 Å². The molecule has 0 amide bonds. The molecule has 0 saturated carbocycles. The number of hydrogen-bond acceptors (Lipinski definition) is 13. The van der Waals surface area contributed by atoms with Crippen LogP contribution >= 0.6 is 0 Å². The molecule has 0 bridgehead atoms. The molecule has 2 unspecified atom stereocenters. The third kappa shape index (κ3) is 13.0. The number of benzene rings is 2. The molecule has 0 saturated heterocycles. The Bertz CT molecular complexity index is 2620. The molecule has 4 rings (SSSR count). The quantitative estimate of drug-likeness (QED) is 0.0357. The molecule has 2 aromatic rings. The van der Waals surface area contributed by atoms with Crippen molar-refractivity contribution in [2.24, 2.45) is 0 Å². The Morgan fingerprint density at radius 1 is 0.746 bits per heavy atom. The minimum atomic E-state index is -4.60. The van der Waals surface area contributed by atoms with Gasteiger partial charge in [-0.1, -0.05) is 30.4 Å². The van der Waals surface area contributed by atoms with Gasteiger partial charge in [-0.05, 0) is 94.3 Å². The summed E-state index contributed by atoms with van der Waals surface area (Å²) in [5.74, 6) is -1.70. The Hall–Kier alpha value is -4.06. The first-order valence-electron chi connectivity index (χ1n) is 20.1. The van der Waals surface area contributed by atoms with E-state index < -0.39 is 63.0 Å². The van der Waals surface area contributed by atoms with Crippen molar-refractivity contribution in [3.05, 3.63) is 95.8 Å². The van der Waals surface area contributed by atoms with Crippen LogP contribution in [0.1, 0.15) is 76.3 Å². The number of carbonyl (C=O) groups is 1. The number of anilines is 1. The zero-order valence-corrected chi connectivity index (χ0v) is 39.2. The van der Waals surface area contributed by atoms with E-state index in [2.05, 4.69) is 4.18 Å². The molecule has 17 nitrogen and oxygen atoms in total. The molecule has 2 heterocycles. The highest BCUT2D eigenvalue weighted by Crippen LogP contribution is 2.51. The second kappa shape index (κ2) is 21.3. The molecule has 0 fully saturated rings. The second-order valence-electron chi connectivity index (χ2n) is 15.6. The van der Waals surface area contributed by atoms with Gasteiger partial charge in [-0.15, -0.1) is 0 Å². The average molecular weight is 958 g/mol. The van der Waals surface area contributed by atoms with Gasteiger partial charge in [-0.2, -0.15) is 38.2 Å². The van der Waals surface area contributed by atoms with Crippen LogP contribution in [-0.2, 0) is 69.2 Å². The number of rotatable bonds is 25. The first-order chi connectivity index (χ1) is 29.4. The Morgan fingerprint density at radius 2 is 1.38 bits per heavy atom. The number of carboxylic acids is 1. The third-order valence-electron chi connectivity index (χ3n) is 11.4. The van der Waals surface area contributed by atoms with Crippen molar-refractivity contribution < 1.29 is 70.4 Å². The fraction of sp³-hybridized carbons (Fsp3) is 0.476. The summed E-state index contributed by atoms with van der Waals surface area (Å²) in [6.45, 7) is 4.88. The predicted molar refractivity (Wildman–Crippen MR) is 238 cm³/mol. The average Bonchev–Trinajstić information content (AvgIpc) is 3.57. The minimum Gasteiger partial charge on any atom is -0.481 e. The summed E-state index contributed by atoms with van der Waals surface area (Å²) in [7, 11) is -13.0. The molecule has 0 aliphatic carbocycles. The van der Waals surface area contributed by atoms with Gasteiger partial charge >= 0.3 is 5.97 Å². The van der Waals surface area contributed by atoms with Crippen molar-refractivity contribution in [2.45, 2.75) is 85.8 Å². The van der Waals surface area contributed by atoms with Gasteiger partial charge in [0.1, 0.15) is 6.54 Å². The molecule has 2 atom stereocenters. The van der Waals surface area contributed by atoms with Crippen molar-refractivity contribution in [2.75, 3.05) is 57.4 Å². The summed E-state index contributed by atoms with van der Waals surface area (Å²) in [6, 6.07) is 8.91. The van der Waals surface area contributed by atoms with Crippen LogP contribution in [0.25, 0.3) is 0 Å². The van der Waals surface area contributed by atoms with Gasteiger partial charge < -0.3 is 14.7 Å². The molecular weight excluding hydrogens is 901 g/mol. The molecule has 0 aromatic heterocycles. The van der Waals surface area contributed by atoms with E-state index in [1.807, 2.05) is 35.5 Å². The smallest absolute Gasteiger partial charge is 0.303 e. The summed E-state index contributed by atoms with van der Waals surface area (Å²) in [4.78, 5) is 12.7. The summed E-state index contributed by atoms with van der Waals surface area (Å²) in [5, 5.41) is 9.11. The normalized spacial score (nSPS) is 20.2. The maximum atomic E-state index is 12.8.